The smallest absolute Gasteiger partial charge is 0.410 e. The number of rotatable bonds is 2. The minimum atomic E-state index is -0.256. The van der Waals surface area contributed by atoms with Crippen LogP contribution in [0.25, 0.3) is 10.9 Å². The standard InChI is InChI=1S/C16H17N3O3/c20-15(12-1-2-14-11(9-12)3-5-17-14)18-6-4-13(10-18)19-7-8-22-16(19)21/h1-3,5,9,13,17H,4,6-8,10H2/t13-/m0/s1. The maximum absolute atomic E-state index is 12.6. The Morgan fingerprint density at radius 3 is 3.00 bits per heavy atom. The molecule has 2 aliphatic heterocycles. The first-order valence-corrected chi connectivity index (χ1v) is 7.52. The van der Waals surface area contributed by atoms with E-state index in [0.29, 0.717) is 31.8 Å². The fraction of sp³-hybridized carbons (Fsp3) is 0.375. The molecule has 0 spiro atoms. The van der Waals surface area contributed by atoms with E-state index in [4.69, 9.17) is 4.74 Å². The summed E-state index contributed by atoms with van der Waals surface area (Å²) >= 11 is 0. The summed E-state index contributed by atoms with van der Waals surface area (Å²) in [4.78, 5) is 30.9. The number of H-pyrrole nitrogens is 1. The number of aromatic nitrogens is 1. The number of nitrogens with one attached hydrogen (secondary N) is 1. The van der Waals surface area contributed by atoms with E-state index < -0.39 is 0 Å². The molecule has 0 aliphatic carbocycles. The highest BCUT2D eigenvalue weighted by Crippen LogP contribution is 2.22. The predicted octanol–water partition coefficient (Wildman–Crippen LogP) is 1.83. The van der Waals surface area contributed by atoms with Gasteiger partial charge in [-0.2, -0.15) is 0 Å². The van der Waals surface area contributed by atoms with Gasteiger partial charge in [-0.1, -0.05) is 0 Å². The molecule has 6 nitrogen and oxygen atoms in total. The van der Waals surface area contributed by atoms with Crippen LogP contribution < -0.4 is 0 Å². The molecule has 22 heavy (non-hydrogen) atoms. The monoisotopic (exact) mass is 299 g/mol. The highest BCUT2D eigenvalue weighted by molar-refractivity contribution is 5.98. The van der Waals surface area contributed by atoms with Gasteiger partial charge in [-0.3, -0.25) is 9.69 Å². The average Bonchev–Trinajstić information content (AvgIpc) is 3.25. The zero-order chi connectivity index (χ0) is 15.1. The van der Waals surface area contributed by atoms with Crippen molar-refractivity contribution >= 4 is 22.9 Å². The Balaban J connectivity index is 1.50. The molecule has 1 atom stereocenters. The summed E-state index contributed by atoms with van der Waals surface area (Å²) in [6, 6.07) is 7.71. The maximum Gasteiger partial charge on any atom is 0.410 e. The van der Waals surface area contributed by atoms with Crippen LogP contribution in [0.5, 0.6) is 0 Å². The molecule has 0 radical (unpaired) electrons. The van der Waals surface area contributed by atoms with Crippen LogP contribution in [0.2, 0.25) is 0 Å². The molecule has 1 N–H and O–H groups in total. The largest absolute Gasteiger partial charge is 0.448 e. The van der Waals surface area contributed by atoms with Gasteiger partial charge in [0.25, 0.3) is 5.91 Å². The van der Waals surface area contributed by atoms with Crippen molar-refractivity contribution < 1.29 is 14.3 Å². The minimum Gasteiger partial charge on any atom is -0.448 e. The van der Waals surface area contributed by atoms with E-state index in [1.165, 1.54) is 0 Å². The number of cyclic esters (lactones) is 1. The molecule has 6 heteroatoms. The molecule has 2 aliphatic rings. The summed E-state index contributed by atoms with van der Waals surface area (Å²) in [5, 5.41) is 1.03. The van der Waals surface area contributed by atoms with Gasteiger partial charge in [0.15, 0.2) is 0 Å². The van der Waals surface area contributed by atoms with Gasteiger partial charge in [-0.05, 0) is 30.7 Å². The molecule has 4 rings (SSSR count). The third-order valence-electron chi connectivity index (χ3n) is 4.48. The first kappa shape index (κ1) is 13.2. The molecule has 2 saturated heterocycles. The minimum absolute atomic E-state index is 0.0261. The van der Waals surface area contributed by atoms with Gasteiger partial charge >= 0.3 is 6.09 Å². The molecule has 0 bridgehead atoms. The predicted molar refractivity (Wildman–Crippen MR) is 80.7 cm³/mol. The lowest BCUT2D eigenvalue weighted by Gasteiger charge is -2.22. The van der Waals surface area contributed by atoms with Gasteiger partial charge in [0.2, 0.25) is 0 Å². The van der Waals surface area contributed by atoms with Crippen molar-refractivity contribution in [2.75, 3.05) is 26.2 Å². The first-order chi connectivity index (χ1) is 10.7. The zero-order valence-corrected chi connectivity index (χ0v) is 12.1. The van der Waals surface area contributed by atoms with Gasteiger partial charge in [-0.25, -0.2) is 4.79 Å². The quantitative estimate of drug-likeness (QED) is 0.920. The van der Waals surface area contributed by atoms with E-state index >= 15 is 0 Å². The Morgan fingerprint density at radius 1 is 1.27 bits per heavy atom. The molecule has 3 heterocycles. The van der Waals surface area contributed by atoms with Crippen molar-refractivity contribution in [3.05, 3.63) is 36.0 Å². The maximum atomic E-state index is 12.6. The fourth-order valence-corrected chi connectivity index (χ4v) is 3.29. The van der Waals surface area contributed by atoms with E-state index in [1.807, 2.05) is 35.4 Å². The van der Waals surface area contributed by atoms with E-state index in [9.17, 15) is 9.59 Å². The lowest BCUT2D eigenvalue weighted by molar-refractivity contribution is 0.0780. The second-order valence-electron chi connectivity index (χ2n) is 5.78. The third-order valence-corrected chi connectivity index (χ3v) is 4.48. The van der Waals surface area contributed by atoms with Crippen LogP contribution in [-0.2, 0) is 4.74 Å². The first-order valence-electron chi connectivity index (χ1n) is 7.52. The van der Waals surface area contributed by atoms with Crippen LogP contribution in [0, 0.1) is 0 Å². The van der Waals surface area contributed by atoms with Crippen molar-refractivity contribution in [2.24, 2.45) is 0 Å². The van der Waals surface area contributed by atoms with Crippen molar-refractivity contribution in [2.45, 2.75) is 12.5 Å². The van der Waals surface area contributed by atoms with E-state index in [1.54, 1.807) is 4.90 Å². The van der Waals surface area contributed by atoms with Gasteiger partial charge < -0.3 is 14.6 Å². The number of benzene rings is 1. The molecule has 2 amide bonds. The van der Waals surface area contributed by atoms with E-state index in [0.717, 1.165) is 17.3 Å². The highest BCUT2D eigenvalue weighted by Gasteiger charge is 2.36. The topological polar surface area (TPSA) is 65.6 Å². The summed E-state index contributed by atoms with van der Waals surface area (Å²) in [5.74, 6) is 0.0261. The van der Waals surface area contributed by atoms with E-state index in [2.05, 4.69) is 4.98 Å². The lowest BCUT2D eigenvalue weighted by Crippen LogP contribution is -2.39. The molecule has 2 aromatic rings. The molecular formula is C16H17N3O3. The van der Waals surface area contributed by atoms with Crippen molar-refractivity contribution in [3.8, 4) is 0 Å². The van der Waals surface area contributed by atoms with Crippen LogP contribution in [0.15, 0.2) is 30.5 Å². The second-order valence-corrected chi connectivity index (χ2v) is 5.78. The second kappa shape index (κ2) is 5.05. The zero-order valence-electron chi connectivity index (χ0n) is 12.1. The fourth-order valence-electron chi connectivity index (χ4n) is 3.29. The molecule has 0 unspecified atom stereocenters. The van der Waals surface area contributed by atoms with Gasteiger partial charge in [0, 0.05) is 35.8 Å². The summed E-state index contributed by atoms with van der Waals surface area (Å²) < 4.78 is 4.98. The average molecular weight is 299 g/mol. The molecule has 114 valence electrons. The van der Waals surface area contributed by atoms with Crippen LogP contribution in [0.1, 0.15) is 16.8 Å². The van der Waals surface area contributed by atoms with Crippen LogP contribution in [-0.4, -0.2) is 59.1 Å². The Morgan fingerprint density at radius 2 is 2.18 bits per heavy atom. The third kappa shape index (κ3) is 2.11. The Kier molecular flexibility index (Phi) is 3.03. The number of hydrogen-bond donors (Lipinski definition) is 1. The van der Waals surface area contributed by atoms with Gasteiger partial charge in [0.05, 0.1) is 12.6 Å². The Bertz CT molecular complexity index is 739. The van der Waals surface area contributed by atoms with Crippen molar-refractivity contribution in [1.82, 2.24) is 14.8 Å². The number of fused-ring (bicyclic) bond motifs is 1. The normalized spacial score (nSPS) is 21.6. The van der Waals surface area contributed by atoms with E-state index in [-0.39, 0.29) is 18.0 Å². The highest BCUT2D eigenvalue weighted by atomic mass is 16.6. The number of carbonyl (C=O) groups excluding carboxylic acids is 2. The Labute approximate surface area is 127 Å². The summed E-state index contributed by atoms with van der Waals surface area (Å²) in [5.41, 5.74) is 1.72. The summed E-state index contributed by atoms with van der Waals surface area (Å²) in [6.07, 6.45) is 2.42. The van der Waals surface area contributed by atoms with Crippen molar-refractivity contribution in [3.63, 3.8) is 0 Å². The van der Waals surface area contributed by atoms with Gasteiger partial charge in [-0.15, -0.1) is 0 Å². The number of nitrogens with zero attached hydrogens (tertiary/aromatic N) is 2. The molecule has 1 aromatic carbocycles. The van der Waals surface area contributed by atoms with Crippen LogP contribution in [0.3, 0.4) is 0 Å². The van der Waals surface area contributed by atoms with Crippen LogP contribution >= 0.6 is 0 Å². The lowest BCUT2D eigenvalue weighted by atomic mass is 10.1. The molecule has 1 aromatic heterocycles. The molecule has 2 fully saturated rings. The van der Waals surface area contributed by atoms with Gasteiger partial charge in [0.1, 0.15) is 6.61 Å². The summed E-state index contributed by atoms with van der Waals surface area (Å²) in [6.45, 7) is 2.34. The number of carbonyl (C=O) groups is 2. The molecular weight excluding hydrogens is 282 g/mol. The number of amides is 2. The number of ether oxygens (including phenoxy) is 1. The van der Waals surface area contributed by atoms with Crippen LogP contribution in [0.4, 0.5) is 4.79 Å². The molecule has 0 saturated carbocycles. The van der Waals surface area contributed by atoms with Crippen molar-refractivity contribution in [1.29, 1.82) is 0 Å². The number of aromatic amines is 1. The SMILES string of the molecule is O=C(c1ccc2[nH]ccc2c1)N1CC[C@H](N2CCOC2=O)C1. The Hall–Kier alpha value is -2.50. The number of likely N-dealkylation sites (tertiary alicyclic amines) is 1. The summed E-state index contributed by atoms with van der Waals surface area (Å²) in [7, 11) is 0. The number of hydrogen-bond acceptors (Lipinski definition) is 3.